The quantitative estimate of drug-likeness (QED) is 0.244. The second-order valence-electron chi connectivity index (χ2n) is 7.77. The van der Waals surface area contributed by atoms with Gasteiger partial charge in [0.25, 0.3) is 0 Å². The Kier molecular flexibility index (Phi) is 12.6. The molecule has 0 bridgehead atoms. The number of hydrogen-bond donors (Lipinski definition) is 2. The van der Waals surface area contributed by atoms with Crippen molar-refractivity contribution in [1.29, 1.82) is 0 Å². The Hall–Kier alpha value is -1.58. The smallest absolute Gasteiger partial charge is 0.329 e. The van der Waals surface area contributed by atoms with E-state index in [0.717, 1.165) is 32.1 Å². The third-order valence-corrected chi connectivity index (χ3v) is 5.14. The fourth-order valence-electron chi connectivity index (χ4n) is 3.12. The Labute approximate surface area is 165 Å². The van der Waals surface area contributed by atoms with Crippen molar-refractivity contribution in [2.75, 3.05) is 0 Å². The lowest BCUT2D eigenvalue weighted by molar-refractivity contribution is -0.143. The third-order valence-electron chi connectivity index (χ3n) is 5.14. The summed E-state index contributed by atoms with van der Waals surface area (Å²) in [5, 5.41) is 11.7. The van der Waals surface area contributed by atoms with Crippen LogP contribution in [0.25, 0.3) is 0 Å². The molecule has 1 rings (SSSR count). The largest absolute Gasteiger partial charge is 0.480 e. The molecule has 4 nitrogen and oxygen atoms in total. The number of unbranched alkanes of at least 4 members (excludes halogenated alkanes) is 9. The van der Waals surface area contributed by atoms with Crippen LogP contribution in [0.15, 0.2) is 24.3 Å². The van der Waals surface area contributed by atoms with Gasteiger partial charge in [0.2, 0.25) is 5.91 Å². The lowest BCUT2D eigenvalue weighted by atomic mass is 10.1. The fourth-order valence-corrected chi connectivity index (χ4v) is 3.12. The minimum atomic E-state index is -0.935. The lowest BCUT2D eigenvalue weighted by Gasteiger charge is -2.12. The minimum absolute atomic E-state index is 0.112. The van der Waals surface area contributed by atoms with E-state index in [1.807, 2.05) is 0 Å². The molecule has 0 aromatic rings. The Morgan fingerprint density at radius 1 is 0.852 bits per heavy atom. The van der Waals surface area contributed by atoms with E-state index in [4.69, 9.17) is 5.11 Å². The number of carboxylic acid groups (broad SMARTS) is 1. The second-order valence-corrected chi connectivity index (χ2v) is 7.77. The molecule has 1 aliphatic rings. The summed E-state index contributed by atoms with van der Waals surface area (Å²) in [6, 6.07) is 0. The molecule has 27 heavy (non-hydrogen) atoms. The van der Waals surface area contributed by atoms with Gasteiger partial charge in [-0.15, -0.1) is 0 Å². The molecule has 0 atom stereocenters. The van der Waals surface area contributed by atoms with Crippen molar-refractivity contribution < 1.29 is 14.7 Å². The fraction of sp³-hybridized carbons (Fsp3) is 0.739. The van der Waals surface area contributed by atoms with Gasteiger partial charge < -0.3 is 10.4 Å². The number of carboxylic acids is 1. The van der Waals surface area contributed by atoms with Gasteiger partial charge in [-0.05, 0) is 51.4 Å². The van der Waals surface area contributed by atoms with E-state index in [1.54, 1.807) is 0 Å². The SMILES string of the molecule is CCCCCC=CCC=CCCCCCCCCC(=O)NC1(C(=O)O)CC1. The Bertz CT molecular complexity index is 478. The van der Waals surface area contributed by atoms with Gasteiger partial charge in [0, 0.05) is 6.42 Å². The first-order valence-electron chi connectivity index (χ1n) is 10.9. The molecule has 0 spiro atoms. The zero-order chi connectivity index (χ0) is 19.8. The molecule has 4 heteroatoms. The van der Waals surface area contributed by atoms with E-state index in [9.17, 15) is 9.59 Å². The van der Waals surface area contributed by atoms with Crippen molar-refractivity contribution in [2.24, 2.45) is 0 Å². The normalized spacial score (nSPS) is 15.4. The molecule has 2 N–H and O–H groups in total. The Morgan fingerprint density at radius 3 is 1.96 bits per heavy atom. The van der Waals surface area contributed by atoms with Crippen LogP contribution in [0.4, 0.5) is 0 Å². The topological polar surface area (TPSA) is 66.4 Å². The van der Waals surface area contributed by atoms with Crippen molar-refractivity contribution in [1.82, 2.24) is 5.32 Å². The number of aliphatic carboxylic acids is 1. The van der Waals surface area contributed by atoms with Gasteiger partial charge in [0.15, 0.2) is 0 Å². The van der Waals surface area contributed by atoms with Crippen LogP contribution in [0, 0.1) is 0 Å². The summed E-state index contributed by atoms with van der Waals surface area (Å²) in [4.78, 5) is 22.8. The van der Waals surface area contributed by atoms with Gasteiger partial charge in [-0.2, -0.15) is 0 Å². The van der Waals surface area contributed by atoms with Gasteiger partial charge in [-0.3, -0.25) is 4.79 Å². The highest BCUT2D eigenvalue weighted by Gasteiger charge is 2.51. The zero-order valence-electron chi connectivity index (χ0n) is 17.2. The van der Waals surface area contributed by atoms with E-state index in [-0.39, 0.29) is 5.91 Å². The summed E-state index contributed by atoms with van der Waals surface area (Å²) in [5.74, 6) is -1.01. The number of carbonyl (C=O) groups is 2. The summed E-state index contributed by atoms with van der Waals surface area (Å²) in [6.45, 7) is 2.23. The number of carbonyl (C=O) groups excluding carboxylic acids is 1. The molecular formula is C23H39NO3. The summed E-state index contributed by atoms with van der Waals surface area (Å²) in [6.07, 6.45) is 24.8. The van der Waals surface area contributed by atoms with Crippen LogP contribution in [0.1, 0.15) is 103 Å². The Balaban J connectivity index is 1.84. The first-order chi connectivity index (χ1) is 13.1. The predicted molar refractivity (Wildman–Crippen MR) is 112 cm³/mol. The van der Waals surface area contributed by atoms with Gasteiger partial charge in [0.1, 0.15) is 5.54 Å². The van der Waals surface area contributed by atoms with Crippen molar-refractivity contribution >= 4 is 11.9 Å². The number of rotatable bonds is 17. The molecule has 0 heterocycles. The summed E-state index contributed by atoms with van der Waals surface area (Å²) < 4.78 is 0. The maximum atomic E-state index is 11.8. The van der Waals surface area contributed by atoms with Crippen LogP contribution in [-0.4, -0.2) is 22.5 Å². The molecule has 0 unspecified atom stereocenters. The van der Waals surface area contributed by atoms with Crippen LogP contribution in [0.3, 0.4) is 0 Å². The summed E-state index contributed by atoms with van der Waals surface area (Å²) >= 11 is 0. The van der Waals surface area contributed by atoms with Crippen LogP contribution < -0.4 is 5.32 Å². The van der Waals surface area contributed by atoms with E-state index in [2.05, 4.69) is 36.5 Å². The first-order valence-corrected chi connectivity index (χ1v) is 10.9. The molecule has 0 radical (unpaired) electrons. The molecular weight excluding hydrogens is 338 g/mol. The van der Waals surface area contributed by atoms with Crippen LogP contribution in [0.5, 0.6) is 0 Å². The van der Waals surface area contributed by atoms with Crippen molar-refractivity contribution in [3.05, 3.63) is 24.3 Å². The average Bonchev–Trinajstić information content (AvgIpc) is 3.42. The average molecular weight is 378 g/mol. The number of allylic oxidation sites excluding steroid dienone is 4. The molecule has 1 aliphatic carbocycles. The maximum Gasteiger partial charge on any atom is 0.329 e. The van der Waals surface area contributed by atoms with Gasteiger partial charge in [-0.1, -0.05) is 69.8 Å². The predicted octanol–water partition coefficient (Wildman–Crippen LogP) is 5.92. The standard InChI is InChI=1S/C23H39NO3/c1-2-3-4-5-6-7-8-9-10-11-12-13-14-15-16-17-18-21(25)24-23(19-20-23)22(26)27/h6-7,9-10H,2-5,8,11-20H2,1H3,(H,24,25)(H,26,27). The van der Waals surface area contributed by atoms with Crippen molar-refractivity contribution in [3.8, 4) is 0 Å². The highest BCUT2D eigenvalue weighted by molar-refractivity contribution is 5.89. The summed E-state index contributed by atoms with van der Waals surface area (Å²) in [7, 11) is 0. The van der Waals surface area contributed by atoms with E-state index < -0.39 is 11.5 Å². The minimum Gasteiger partial charge on any atom is -0.480 e. The molecule has 1 saturated carbocycles. The van der Waals surface area contributed by atoms with Gasteiger partial charge in [0.05, 0.1) is 0 Å². The van der Waals surface area contributed by atoms with Crippen LogP contribution in [-0.2, 0) is 9.59 Å². The maximum absolute atomic E-state index is 11.8. The molecule has 1 fully saturated rings. The first kappa shape index (κ1) is 23.5. The molecule has 0 aromatic carbocycles. The van der Waals surface area contributed by atoms with Crippen LogP contribution in [0.2, 0.25) is 0 Å². The van der Waals surface area contributed by atoms with Crippen molar-refractivity contribution in [2.45, 2.75) is 109 Å². The van der Waals surface area contributed by atoms with E-state index in [0.29, 0.717) is 19.3 Å². The number of amides is 1. The van der Waals surface area contributed by atoms with Crippen molar-refractivity contribution in [3.63, 3.8) is 0 Å². The van der Waals surface area contributed by atoms with E-state index >= 15 is 0 Å². The molecule has 154 valence electrons. The van der Waals surface area contributed by atoms with Gasteiger partial charge >= 0.3 is 5.97 Å². The number of nitrogens with one attached hydrogen (secondary N) is 1. The molecule has 0 saturated heterocycles. The second kappa shape index (κ2) is 14.5. The molecule has 0 aliphatic heterocycles. The zero-order valence-corrected chi connectivity index (χ0v) is 17.2. The molecule has 0 aromatic heterocycles. The highest BCUT2D eigenvalue weighted by Crippen LogP contribution is 2.35. The van der Waals surface area contributed by atoms with Crippen LogP contribution >= 0.6 is 0 Å². The van der Waals surface area contributed by atoms with Gasteiger partial charge in [-0.25, -0.2) is 4.79 Å². The third kappa shape index (κ3) is 11.7. The highest BCUT2D eigenvalue weighted by atomic mass is 16.4. The summed E-state index contributed by atoms with van der Waals surface area (Å²) in [5.41, 5.74) is -0.935. The molecule has 1 amide bonds. The number of hydrogen-bond acceptors (Lipinski definition) is 2. The lowest BCUT2D eigenvalue weighted by Crippen LogP contribution is -2.42. The Morgan fingerprint density at radius 2 is 1.41 bits per heavy atom. The monoisotopic (exact) mass is 377 g/mol. The van der Waals surface area contributed by atoms with E-state index in [1.165, 1.54) is 44.9 Å².